The van der Waals surface area contributed by atoms with Gasteiger partial charge in [0.05, 0.1) is 10.5 Å². The molecule has 3 rings (SSSR count). The van der Waals surface area contributed by atoms with E-state index in [4.69, 9.17) is 10.5 Å². The van der Waals surface area contributed by atoms with Gasteiger partial charge in [-0.2, -0.15) is 0 Å². The molecule has 2 aromatic carbocycles. The lowest BCUT2D eigenvalue weighted by atomic mass is 10.1. The maximum atomic E-state index is 12.7. The van der Waals surface area contributed by atoms with Crippen molar-refractivity contribution >= 4 is 33.8 Å². The van der Waals surface area contributed by atoms with Crippen LogP contribution >= 0.6 is 11.3 Å². The van der Waals surface area contributed by atoms with Gasteiger partial charge in [0.2, 0.25) is 0 Å². The van der Waals surface area contributed by atoms with Crippen LogP contribution < -0.4 is 15.8 Å². The molecule has 1 heterocycles. The Labute approximate surface area is 182 Å². The largest absolute Gasteiger partial charge is 0.474 e. The maximum Gasteiger partial charge on any atom is 0.310 e. The minimum atomic E-state index is -1.04. The Balaban J connectivity index is 1.81. The van der Waals surface area contributed by atoms with Crippen LogP contribution in [0.4, 0.5) is 10.7 Å². The van der Waals surface area contributed by atoms with Gasteiger partial charge in [0.1, 0.15) is 5.00 Å². The molecule has 0 aliphatic carbocycles. The molecule has 1 unspecified atom stereocenters. The van der Waals surface area contributed by atoms with Crippen molar-refractivity contribution in [2.24, 2.45) is 5.73 Å². The van der Waals surface area contributed by atoms with Gasteiger partial charge in [-0.1, -0.05) is 42.5 Å². The second-order valence-corrected chi connectivity index (χ2v) is 7.96. The molecular formula is C22H21N3O5S. The molecular weight excluding hydrogens is 418 g/mol. The van der Waals surface area contributed by atoms with Crippen LogP contribution in [0.3, 0.4) is 0 Å². The fourth-order valence-electron chi connectivity index (χ4n) is 3.06. The van der Waals surface area contributed by atoms with Crippen molar-refractivity contribution in [2.75, 3.05) is 5.32 Å². The number of carbonyl (C=O) groups is 2. The predicted octanol–water partition coefficient (Wildman–Crippen LogP) is 4.06. The van der Waals surface area contributed by atoms with Crippen LogP contribution in [0.25, 0.3) is 0 Å². The van der Waals surface area contributed by atoms with Crippen molar-refractivity contribution in [3.63, 3.8) is 0 Å². The van der Waals surface area contributed by atoms with Gasteiger partial charge >= 0.3 is 5.69 Å². The molecule has 0 aliphatic heterocycles. The summed E-state index contributed by atoms with van der Waals surface area (Å²) in [7, 11) is 0. The molecule has 0 fully saturated rings. The van der Waals surface area contributed by atoms with Gasteiger partial charge in [0.25, 0.3) is 11.8 Å². The highest BCUT2D eigenvalue weighted by atomic mass is 32.1. The first-order chi connectivity index (χ1) is 14.8. The molecule has 0 saturated heterocycles. The standard InChI is InChI=1S/C22H21N3O5S/c1-13-18(12-15-8-4-3-5-9-15)31-22(19(13)20(23)26)24-21(27)14(2)30-17-11-7-6-10-16(17)25(28)29/h3-11,14H,12H2,1-2H3,(H2,23,26)(H,24,27). The fourth-order valence-corrected chi connectivity index (χ4v) is 4.31. The number of nitro groups is 1. The van der Waals surface area contributed by atoms with Gasteiger partial charge in [-0.15, -0.1) is 11.3 Å². The number of nitrogens with two attached hydrogens (primary N) is 1. The van der Waals surface area contributed by atoms with E-state index < -0.39 is 22.8 Å². The number of thiophene rings is 1. The number of benzene rings is 2. The number of nitro benzene ring substituents is 1. The highest BCUT2D eigenvalue weighted by Crippen LogP contribution is 2.35. The van der Waals surface area contributed by atoms with E-state index in [0.717, 1.165) is 10.4 Å². The molecule has 2 amide bonds. The molecule has 9 heteroatoms. The number of nitrogens with one attached hydrogen (secondary N) is 1. The molecule has 1 aromatic heterocycles. The molecule has 3 aromatic rings. The van der Waals surface area contributed by atoms with Crippen LogP contribution in [0, 0.1) is 17.0 Å². The number of hydrogen-bond donors (Lipinski definition) is 2. The summed E-state index contributed by atoms with van der Waals surface area (Å²) in [4.78, 5) is 36.2. The van der Waals surface area contributed by atoms with Crippen LogP contribution in [-0.2, 0) is 11.2 Å². The first-order valence-corrected chi connectivity index (χ1v) is 10.3. The molecule has 31 heavy (non-hydrogen) atoms. The summed E-state index contributed by atoms with van der Waals surface area (Å²) < 4.78 is 5.51. The quantitative estimate of drug-likeness (QED) is 0.404. The zero-order valence-electron chi connectivity index (χ0n) is 17.0. The third-order valence-electron chi connectivity index (χ3n) is 4.67. The number of carbonyl (C=O) groups excluding carboxylic acids is 2. The zero-order valence-corrected chi connectivity index (χ0v) is 17.8. The Hall–Kier alpha value is -3.72. The van der Waals surface area contributed by atoms with Crippen molar-refractivity contribution in [3.05, 3.63) is 86.3 Å². The molecule has 1 atom stereocenters. The molecule has 0 bridgehead atoms. The predicted molar refractivity (Wildman–Crippen MR) is 119 cm³/mol. The summed E-state index contributed by atoms with van der Waals surface area (Å²) in [6, 6.07) is 15.5. The number of para-hydroxylation sites is 2. The van der Waals surface area contributed by atoms with E-state index in [9.17, 15) is 19.7 Å². The number of rotatable bonds is 8. The molecule has 8 nitrogen and oxygen atoms in total. The summed E-state index contributed by atoms with van der Waals surface area (Å²) >= 11 is 1.27. The van der Waals surface area contributed by atoms with Crippen LogP contribution in [0.1, 0.15) is 33.3 Å². The van der Waals surface area contributed by atoms with E-state index in [-0.39, 0.29) is 17.0 Å². The Morgan fingerprint density at radius 3 is 2.45 bits per heavy atom. The lowest BCUT2D eigenvalue weighted by Gasteiger charge is -2.14. The lowest BCUT2D eigenvalue weighted by Crippen LogP contribution is -2.30. The average Bonchev–Trinajstić information content (AvgIpc) is 3.03. The number of nitrogens with zero attached hydrogens (tertiary/aromatic N) is 1. The summed E-state index contributed by atoms with van der Waals surface area (Å²) in [6.45, 7) is 3.26. The van der Waals surface area contributed by atoms with Crippen molar-refractivity contribution in [2.45, 2.75) is 26.4 Å². The minimum Gasteiger partial charge on any atom is -0.474 e. The molecule has 0 aliphatic rings. The van der Waals surface area contributed by atoms with E-state index in [1.165, 1.54) is 36.5 Å². The molecule has 160 valence electrons. The van der Waals surface area contributed by atoms with Gasteiger partial charge in [0.15, 0.2) is 11.9 Å². The first kappa shape index (κ1) is 22.0. The second-order valence-electron chi connectivity index (χ2n) is 6.86. The summed E-state index contributed by atoms with van der Waals surface area (Å²) in [5.74, 6) is -1.21. The Kier molecular flexibility index (Phi) is 6.66. The highest BCUT2D eigenvalue weighted by molar-refractivity contribution is 7.17. The maximum absolute atomic E-state index is 12.7. The number of anilines is 1. The third kappa shape index (κ3) is 5.07. The van der Waals surface area contributed by atoms with Crippen LogP contribution in [0.5, 0.6) is 5.75 Å². The number of amides is 2. The Bertz CT molecular complexity index is 1130. The van der Waals surface area contributed by atoms with E-state index in [1.54, 1.807) is 13.0 Å². The topological polar surface area (TPSA) is 125 Å². The second kappa shape index (κ2) is 9.40. The van der Waals surface area contributed by atoms with E-state index in [0.29, 0.717) is 17.0 Å². The molecule has 0 radical (unpaired) electrons. The van der Waals surface area contributed by atoms with Crippen LogP contribution in [-0.4, -0.2) is 22.8 Å². The summed E-state index contributed by atoms with van der Waals surface area (Å²) in [6.07, 6.45) is -0.447. The van der Waals surface area contributed by atoms with Gasteiger partial charge in [0, 0.05) is 17.4 Å². The number of hydrogen-bond acceptors (Lipinski definition) is 6. The van der Waals surface area contributed by atoms with Crippen LogP contribution in [0.15, 0.2) is 54.6 Å². The van der Waals surface area contributed by atoms with E-state index in [2.05, 4.69) is 5.32 Å². The van der Waals surface area contributed by atoms with Gasteiger partial charge in [-0.05, 0) is 31.0 Å². The first-order valence-electron chi connectivity index (χ1n) is 9.44. The van der Waals surface area contributed by atoms with Crippen molar-refractivity contribution in [1.29, 1.82) is 0 Å². The van der Waals surface area contributed by atoms with E-state index in [1.807, 2.05) is 30.3 Å². The van der Waals surface area contributed by atoms with Crippen LogP contribution in [0.2, 0.25) is 0 Å². The smallest absolute Gasteiger partial charge is 0.310 e. The zero-order chi connectivity index (χ0) is 22.5. The van der Waals surface area contributed by atoms with E-state index >= 15 is 0 Å². The fraction of sp³-hybridized carbons (Fsp3) is 0.182. The third-order valence-corrected chi connectivity index (χ3v) is 5.88. The van der Waals surface area contributed by atoms with Crippen molar-refractivity contribution < 1.29 is 19.2 Å². The highest BCUT2D eigenvalue weighted by Gasteiger charge is 2.25. The minimum absolute atomic E-state index is 0.0163. The van der Waals surface area contributed by atoms with Crippen molar-refractivity contribution in [3.8, 4) is 5.75 Å². The normalized spacial score (nSPS) is 11.5. The van der Waals surface area contributed by atoms with Gasteiger partial charge in [-0.3, -0.25) is 19.7 Å². The van der Waals surface area contributed by atoms with Crippen molar-refractivity contribution in [1.82, 2.24) is 0 Å². The summed E-state index contributed by atoms with van der Waals surface area (Å²) in [5, 5.41) is 14.2. The Morgan fingerprint density at radius 1 is 1.16 bits per heavy atom. The number of primary amides is 1. The number of ether oxygens (including phenoxy) is 1. The Morgan fingerprint density at radius 2 is 1.81 bits per heavy atom. The lowest BCUT2D eigenvalue weighted by molar-refractivity contribution is -0.386. The average molecular weight is 439 g/mol. The molecule has 0 saturated carbocycles. The van der Waals surface area contributed by atoms with Gasteiger partial charge < -0.3 is 15.8 Å². The molecule has 0 spiro atoms. The summed E-state index contributed by atoms with van der Waals surface area (Å²) in [5.41, 5.74) is 7.35. The monoisotopic (exact) mass is 439 g/mol. The van der Waals surface area contributed by atoms with Gasteiger partial charge in [-0.25, -0.2) is 0 Å². The SMILES string of the molecule is Cc1c(Cc2ccccc2)sc(NC(=O)C(C)Oc2ccccc2[N+](=O)[O-])c1C(N)=O. The molecule has 3 N–H and O–H groups in total.